The fourth-order valence-electron chi connectivity index (χ4n) is 4.50. The van der Waals surface area contributed by atoms with E-state index in [1.807, 2.05) is 37.3 Å². The van der Waals surface area contributed by atoms with Gasteiger partial charge in [0.15, 0.2) is 11.5 Å². The molecule has 202 valence electrons. The van der Waals surface area contributed by atoms with Crippen LogP contribution < -0.4 is 19.6 Å². The Morgan fingerprint density at radius 2 is 1.69 bits per heavy atom. The van der Waals surface area contributed by atoms with Crippen LogP contribution in [0.1, 0.15) is 35.6 Å². The Bertz CT molecular complexity index is 1530. The van der Waals surface area contributed by atoms with E-state index in [0.717, 1.165) is 32.7 Å². The van der Waals surface area contributed by atoms with Crippen LogP contribution in [-0.2, 0) is 15.6 Å². The number of benzene rings is 3. The lowest BCUT2D eigenvalue weighted by molar-refractivity contribution is -0.120. The average Bonchev–Trinajstić information content (AvgIpc) is 3.17. The highest BCUT2D eigenvalue weighted by atomic mass is 32.2. The Morgan fingerprint density at radius 1 is 0.974 bits per heavy atom. The van der Waals surface area contributed by atoms with Gasteiger partial charge >= 0.3 is 0 Å². The highest BCUT2D eigenvalue weighted by Gasteiger charge is 2.26. The molecule has 0 bridgehead atoms. The van der Waals surface area contributed by atoms with E-state index in [2.05, 4.69) is 10.5 Å². The molecule has 1 atom stereocenters. The smallest absolute Gasteiger partial charge is 0.244 e. The molecule has 1 amide bonds. The lowest BCUT2D eigenvalue weighted by Gasteiger charge is -2.13. The fraction of sp³-hybridized carbons (Fsp3) is 0.200. The number of hydrazone groups is 1. The van der Waals surface area contributed by atoms with Crippen LogP contribution >= 0.6 is 0 Å². The van der Waals surface area contributed by atoms with Crippen molar-refractivity contribution in [1.82, 2.24) is 5.43 Å². The van der Waals surface area contributed by atoms with Gasteiger partial charge in [0, 0.05) is 27.5 Å². The third kappa shape index (κ3) is 5.93. The number of carbonyl (C=O) groups is 1. The van der Waals surface area contributed by atoms with Crippen LogP contribution in [0.15, 0.2) is 70.2 Å². The Balaban J connectivity index is 1.58. The standard InChI is InChI=1S/C30H29FN2O5S/c1-18-24(14-19-6-10-22(11-7-19)39(5)35)23-12-9-21(31)15-26(23)25(18)16-28(34)33-32-17-20-8-13-27(36-2)30(38-4)29(20)37-3/h6-15,17H,16H2,1-5H3,(H,33,34)/b24-14-,32-17?. The van der Waals surface area contributed by atoms with Crippen molar-refractivity contribution < 1.29 is 27.6 Å². The van der Waals surface area contributed by atoms with Crippen LogP contribution in [0.25, 0.3) is 17.2 Å². The van der Waals surface area contributed by atoms with Crippen LogP contribution in [0.3, 0.4) is 0 Å². The molecule has 39 heavy (non-hydrogen) atoms. The monoisotopic (exact) mass is 548 g/mol. The molecule has 0 spiro atoms. The quantitative estimate of drug-likeness (QED) is 0.284. The molecule has 9 heteroatoms. The number of ether oxygens (including phenoxy) is 3. The van der Waals surface area contributed by atoms with Crippen molar-refractivity contribution in [2.24, 2.45) is 5.10 Å². The zero-order valence-electron chi connectivity index (χ0n) is 22.3. The molecule has 0 fully saturated rings. The summed E-state index contributed by atoms with van der Waals surface area (Å²) >= 11 is 0. The van der Waals surface area contributed by atoms with Crippen molar-refractivity contribution in [1.29, 1.82) is 0 Å². The zero-order valence-corrected chi connectivity index (χ0v) is 23.1. The molecular formula is C30H29FN2O5S. The first kappa shape index (κ1) is 27.8. The number of carbonyl (C=O) groups excluding carboxylic acids is 1. The van der Waals surface area contributed by atoms with Crippen LogP contribution in [0.5, 0.6) is 17.2 Å². The van der Waals surface area contributed by atoms with E-state index in [-0.39, 0.29) is 18.1 Å². The van der Waals surface area contributed by atoms with Gasteiger partial charge in [0.05, 0.1) is 34.0 Å². The van der Waals surface area contributed by atoms with Gasteiger partial charge in [-0.3, -0.25) is 9.00 Å². The summed E-state index contributed by atoms with van der Waals surface area (Å²) in [4.78, 5) is 13.6. The van der Waals surface area contributed by atoms with Crippen molar-refractivity contribution in [3.05, 3.63) is 88.2 Å². The topological polar surface area (TPSA) is 86.2 Å². The van der Waals surface area contributed by atoms with Crippen LogP contribution in [0, 0.1) is 5.82 Å². The number of nitrogens with one attached hydrogen (secondary N) is 1. The zero-order chi connectivity index (χ0) is 28.1. The highest BCUT2D eigenvalue weighted by molar-refractivity contribution is 7.84. The van der Waals surface area contributed by atoms with Crippen molar-refractivity contribution in [3.63, 3.8) is 0 Å². The van der Waals surface area contributed by atoms with Crippen LogP contribution in [0.2, 0.25) is 0 Å². The molecule has 0 saturated carbocycles. The number of allylic oxidation sites excluding steroid dienone is 2. The summed E-state index contributed by atoms with van der Waals surface area (Å²) in [6.07, 6.45) is 5.09. The SMILES string of the molecule is COc1ccc(C=NNC(=O)CC2=C(C)/C(=C/c3ccc(S(C)=O)cc3)c3ccc(F)cc32)c(OC)c1OC. The maximum Gasteiger partial charge on any atom is 0.244 e. The first-order valence-electron chi connectivity index (χ1n) is 12.0. The molecule has 3 aromatic rings. The lowest BCUT2D eigenvalue weighted by atomic mass is 10.0. The Hall–Kier alpha value is -4.24. The van der Waals surface area contributed by atoms with Crippen molar-refractivity contribution in [2.45, 2.75) is 18.2 Å². The van der Waals surface area contributed by atoms with Gasteiger partial charge in [-0.15, -0.1) is 0 Å². The molecule has 0 heterocycles. The number of amides is 1. The van der Waals surface area contributed by atoms with Gasteiger partial charge in [-0.05, 0) is 82.8 Å². The van der Waals surface area contributed by atoms with E-state index in [1.54, 1.807) is 24.5 Å². The van der Waals surface area contributed by atoms with E-state index in [4.69, 9.17) is 14.2 Å². The summed E-state index contributed by atoms with van der Waals surface area (Å²) in [6, 6.07) is 15.5. The minimum atomic E-state index is -1.07. The van der Waals surface area contributed by atoms with Gasteiger partial charge in [0.2, 0.25) is 11.7 Å². The minimum Gasteiger partial charge on any atom is -0.493 e. The Morgan fingerprint density at radius 3 is 2.33 bits per heavy atom. The second-order valence-corrected chi connectivity index (χ2v) is 10.1. The summed E-state index contributed by atoms with van der Waals surface area (Å²) in [7, 11) is 3.47. The van der Waals surface area contributed by atoms with E-state index in [9.17, 15) is 13.4 Å². The van der Waals surface area contributed by atoms with Gasteiger partial charge in [0.1, 0.15) is 5.82 Å². The molecule has 0 aromatic heterocycles. The predicted octanol–water partition coefficient (Wildman–Crippen LogP) is 5.46. The molecule has 1 aliphatic carbocycles. The van der Waals surface area contributed by atoms with Crippen LogP contribution in [0.4, 0.5) is 4.39 Å². The second kappa shape index (κ2) is 12.1. The molecule has 4 rings (SSSR count). The summed E-state index contributed by atoms with van der Waals surface area (Å²) in [6.45, 7) is 1.92. The van der Waals surface area contributed by atoms with Crippen molar-refractivity contribution in [3.8, 4) is 17.2 Å². The summed E-state index contributed by atoms with van der Waals surface area (Å²) in [5, 5.41) is 4.09. The maximum absolute atomic E-state index is 14.2. The molecule has 1 N–H and O–H groups in total. The largest absolute Gasteiger partial charge is 0.493 e. The van der Waals surface area contributed by atoms with E-state index < -0.39 is 10.8 Å². The maximum atomic E-state index is 14.2. The minimum absolute atomic E-state index is 0.00773. The number of rotatable bonds is 9. The third-order valence-electron chi connectivity index (χ3n) is 6.44. The summed E-state index contributed by atoms with van der Waals surface area (Å²) in [5.74, 6) is 0.602. The number of fused-ring (bicyclic) bond motifs is 1. The molecule has 1 aliphatic rings. The van der Waals surface area contributed by atoms with Gasteiger partial charge in [-0.2, -0.15) is 5.10 Å². The summed E-state index contributed by atoms with van der Waals surface area (Å²) in [5.41, 5.74) is 8.06. The Labute approximate surface area is 229 Å². The molecule has 0 radical (unpaired) electrons. The first-order valence-corrected chi connectivity index (χ1v) is 13.6. The molecule has 3 aromatic carbocycles. The normalized spacial score (nSPS) is 14.5. The molecular weight excluding hydrogens is 519 g/mol. The van der Waals surface area contributed by atoms with E-state index >= 15 is 0 Å². The number of methoxy groups -OCH3 is 3. The predicted molar refractivity (Wildman–Crippen MR) is 152 cm³/mol. The molecule has 7 nitrogen and oxygen atoms in total. The fourth-order valence-corrected chi connectivity index (χ4v) is 5.02. The summed E-state index contributed by atoms with van der Waals surface area (Å²) < 4.78 is 42.1. The molecule has 1 unspecified atom stereocenters. The van der Waals surface area contributed by atoms with E-state index in [1.165, 1.54) is 39.7 Å². The third-order valence-corrected chi connectivity index (χ3v) is 7.38. The van der Waals surface area contributed by atoms with Gasteiger partial charge in [0.25, 0.3) is 0 Å². The van der Waals surface area contributed by atoms with Gasteiger partial charge < -0.3 is 14.2 Å². The van der Waals surface area contributed by atoms with Crippen molar-refractivity contribution >= 4 is 40.1 Å². The number of hydrogen-bond donors (Lipinski definition) is 1. The number of hydrogen-bond acceptors (Lipinski definition) is 6. The molecule has 0 aliphatic heterocycles. The number of halogens is 1. The Kier molecular flexibility index (Phi) is 8.61. The van der Waals surface area contributed by atoms with Gasteiger partial charge in [-0.1, -0.05) is 18.2 Å². The lowest BCUT2D eigenvalue weighted by Crippen LogP contribution is -2.17. The average molecular weight is 549 g/mol. The second-order valence-electron chi connectivity index (χ2n) is 8.77. The first-order chi connectivity index (χ1) is 18.8. The van der Waals surface area contributed by atoms with Crippen molar-refractivity contribution in [2.75, 3.05) is 27.6 Å². The number of nitrogens with zero attached hydrogens (tertiary/aromatic N) is 1. The van der Waals surface area contributed by atoms with Gasteiger partial charge in [-0.25, -0.2) is 9.82 Å². The van der Waals surface area contributed by atoms with Crippen LogP contribution in [-0.4, -0.2) is 43.9 Å². The highest BCUT2D eigenvalue weighted by Crippen LogP contribution is 2.44. The molecule has 0 saturated heterocycles. The van der Waals surface area contributed by atoms with E-state index in [0.29, 0.717) is 28.4 Å².